The number of amides is 2. The van der Waals surface area contributed by atoms with Crippen LogP contribution in [0.3, 0.4) is 0 Å². The van der Waals surface area contributed by atoms with Crippen LogP contribution in [0.1, 0.15) is 56.0 Å². The highest BCUT2D eigenvalue weighted by molar-refractivity contribution is 5.99. The maximum Gasteiger partial charge on any atom is 0.407 e. The van der Waals surface area contributed by atoms with Crippen LogP contribution in [-0.2, 0) is 16.1 Å². The molecule has 3 heterocycles. The summed E-state index contributed by atoms with van der Waals surface area (Å²) in [6.07, 6.45) is 3.13. The highest BCUT2D eigenvalue weighted by Gasteiger charge is 2.49. The first-order chi connectivity index (χ1) is 21.8. The zero-order valence-corrected chi connectivity index (χ0v) is 25.5. The van der Waals surface area contributed by atoms with E-state index in [4.69, 9.17) is 4.74 Å². The van der Waals surface area contributed by atoms with E-state index in [1.807, 2.05) is 0 Å². The van der Waals surface area contributed by atoms with Crippen molar-refractivity contribution in [3.8, 4) is 28.3 Å². The minimum Gasteiger partial charge on any atom is -0.480 e. The number of carbonyl (C=O) groups is 3. The van der Waals surface area contributed by atoms with Gasteiger partial charge >= 0.3 is 12.1 Å². The van der Waals surface area contributed by atoms with Gasteiger partial charge in [-0.05, 0) is 99.2 Å². The number of ether oxygens (including phenoxy) is 1. The van der Waals surface area contributed by atoms with E-state index >= 15 is 4.39 Å². The third-order valence-corrected chi connectivity index (χ3v) is 8.60. The summed E-state index contributed by atoms with van der Waals surface area (Å²) in [4.78, 5) is 39.6. The predicted molar refractivity (Wildman–Crippen MR) is 166 cm³/mol. The van der Waals surface area contributed by atoms with E-state index in [2.05, 4.69) is 5.32 Å². The Morgan fingerprint density at radius 1 is 1.00 bits per heavy atom. The van der Waals surface area contributed by atoms with Crippen molar-refractivity contribution in [2.45, 2.75) is 70.3 Å². The zero-order valence-electron chi connectivity index (χ0n) is 25.5. The van der Waals surface area contributed by atoms with Crippen LogP contribution in [0.15, 0.2) is 60.8 Å². The van der Waals surface area contributed by atoms with Crippen LogP contribution < -0.4 is 5.32 Å². The number of aliphatic carboxylic acids is 1. The molecule has 2 aliphatic heterocycles. The van der Waals surface area contributed by atoms with Gasteiger partial charge in [-0.3, -0.25) is 9.59 Å². The van der Waals surface area contributed by atoms with Crippen LogP contribution in [0.5, 0.6) is 0 Å². The predicted octanol–water partition coefficient (Wildman–Crippen LogP) is 6.48. The summed E-state index contributed by atoms with van der Waals surface area (Å²) in [5.41, 5.74) is 1.20. The molecule has 46 heavy (non-hydrogen) atoms. The molecule has 236 valence electrons. The van der Waals surface area contributed by atoms with Gasteiger partial charge in [0.25, 0.3) is 5.91 Å². The van der Waals surface area contributed by atoms with Crippen molar-refractivity contribution in [3.05, 3.63) is 83.6 Å². The monoisotopic (exact) mass is 626 g/mol. The molecule has 0 spiro atoms. The third kappa shape index (κ3) is 5.78. The molecule has 0 saturated carbocycles. The number of hydrogen-bond donors (Lipinski definition) is 2. The number of nitriles is 1. The van der Waals surface area contributed by atoms with Crippen LogP contribution in [0.2, 0.25) is 0 Å². The van der Waals surface area contributed by atoms with E-state index in [0.29, 0.717) is 39.6 Å². The summed E-state index contributed by atoms with van der Waals surface area (Å²) in [5.74, 6) is -2.70. The van der Waals surface area contributed by atoms with Crippen LogP contribution in [0.25, 0.3) is 33.2 Å². The maximum absolute atomic E-state index is 15.8. The van der Waals surface area contributed by atoms with E-state index in [9.17, 15) is 29.1 Å². The molecule has 0 radical (unpaired) electrons. The highest BCUT2D eigenvalue weighted by atomic mass is 19.1. The summed E-state index contributed by atoms with van der Waals surface area (Å²) in [6, 6.07) is 14.7. The Labute approximate surface area is 264 Å². The number of rotatable bonds is 6. The Morgan fingerprint density at radius 3 is 2.48 bits per heavy atom. The fourth-order valence-corrected chi connectivity index (χ4v) is 6.69. The van der Waals surface area contributed by atoms with Gasteiger partial charge in [0.2, 0.25) is 0 Å². The number of hydrogen-bond acceptors (Lipinski definition) is 5. The van der Waals surface area contributed by atoms with E-state index in [1.165, 1.54) is 22.8 Å². The first-order valence-corrected chi connectivity index (χ1v) is 15.0. The second-order valence-electron chi connectivity index (χ2n) is 12.8. The lowest BCUT2D eigenvalue weighted by Gasteiger charge is -2.27. The van der Waals surface area contributed by atoms with Gasteiger partial charge in [0.05, 0.1) is 23.2 Å². The van der Waals surface area contributed by atoms with Crippen molar-refractivity contribution in [2.75, 3.05) is 0 Å². The van der Waals surface area contributed by atoms with Crippen molar-refractivity contribution in [2.24, 2.45) is 0 Å². The molecular formula is C35H32F2N4O5. The zero-order chi connectivity index (χ0) is 32.9. The number of nitrogens with one attached hydrogen (secondary N) is 1. The van der Waals surface area contributed by atoms with E-state index in [0.717, 1.165) is 12.8 Å². The molecule has 11 heteroatoms. The molecule has 9 nitrogen and oxygen atoms in total. The second-order valence-corrected chi connectivity index (χ2v) is 12.8. The number of carboxylic acids is 1. The fourth-order valence-electron chi connectivity index (χ4n) is 6.69. The molecule has 2 fully saturated rings. The SMILES string of the molecule is CC(C)(C)OC(=O)N[C@H]1C[C@H]2CC[C@@H]1N2C(=O)c1ccc(-c2cc3ccn(CC(=O)O)c3cc2F)c(-c2ccc(C#N)c(F)c2)c1. The van der Waals surface area contributed by atoms with Crippen molar-refractivity contribution in [1.29, 1.82) is 5.26 Å². The Hall–Kier alpha value is -5.24. The molecule has 1 aromatic heterocycles. The summed E-state index contributed by atoms with van der Waals surface area (Å²) >= 11 is 0. The highest BCUT2D eigenvalue weighted by Crippen LogP contribution is 2.41. The lowest BCUT2D eigenvalue weighted by molar-refractivity contribution is -0.137. The lowest BCUT2D eigenvalue weighted by Crippen LogP contribution is -2.46. The van der Waals surface area contributed by atoms with Crippen LogP contribution in [-0.4, -0.2) is 56.3 Å². The molecule has 2 amide bonds. The number of halogens is 2. The minimum absolute atomic E-state index is 0.0809. The summed E-state index contributed by atoms with van der Waals surface area (Å²) in [6.45, 7) is 5.01. The average molecular weight is 627 g/mol. The molecule has 2 N–H and O–H groups in total. The Morgan fingerprint density at radius 2 is 1.78 bits per heavy atom. The van der Waals surface area contributed by atoms with Crippen LogP contribution in [0, 0.1) is 23.0 Å². The summed E-state index contributed by atoms with van der Waals surface area (Å²) in [5, 5.41) is 22.0. The molecule has 2 bridgehead atoms. The number of alkyl carbamates (subject to hydrolysis) is 1. The fraction of sp³-hybridized carbons (Fsp3) is 0.314. The van der Waals surface area contributed by atoms with Gasteiger partial charge in [-0.2, -0.15) is 5.26 Å². The van der Waals surface area contributed by atoms with Gasteiger partial charge in [-0.1, -0.05) is 12.1 Å². The van der Waals surface area contributed by atoms with Crippen molar-refractivity contribution in [3.63, 3.8) is 0 Å². The molecule has 2 aliphatic rings. The third-order valence-electron chi connectivity index (χ3n) is 8.60. The van der Waals surface area contributed by atoms with E-state index < -0.39 is 29.3 Å². The smallest absolute Gasteiger partial charge is 0.407 e. The molecular weight excluding hydrogens is 594 g/mol. The largest absolute Gasteiger partial charge is 0.480 e. The number of fused-ring (bicyclic) bond motifs is 3. The summed E-state index contributed by atoms with van der Waals surface area (Å²) in [7, 11) is 0. The van der Waals surface area contributed by atoms with Crippen molar-refractivity contribution in [1.82, 2.24) is 14.8 Å². The molecule has 2 saturated heterocycles. The number of carbonyl (C=O) groups excluding carboxylic acids is 2. The van der Waals surface area contributed by atoms with Crippen LogP contribution in [0.4, 0.5) is 13.6 Å². The van der Waals surface area contributed by atoms with Gasteiger partial charge < -0.3 is 24.6 Å². The molecule has 3 atom stereocenters. The minimum atomic E-state index is -1.06. The van der Waals surface area contributed by atoms with Gasteiger partial charge in [-0.25, -0.2) is 13.6 Å². The van der Waals surface area contributed by atoms with Crippen molar-refractivity contribution < 1.29 is 33.0 Å². The Bertz CT molecular complexity index is 1940. The van der Waals surface area contributed by atoms with Gasteiger partial charge in [0.1, 0.15) is 29.8 Å². The van der Waals surface area contributed by atoms with Crippen LogP contribution >= 0.6 is 0 Å². The summed E-state index contributed by atoms with van der Waals surface area (Å²) < 4.78 is 37.5. The van der Waals surface area contributed by atoms with Gasteiger partial charge in [0, 0.05) is 28.8 Å². The standard InChI is InChI=1S/C35H32F2N4O5/c1-35(2,3)46-34(45)39-29-15-23-7-9-30(29)41(23)33(44)21-6-8-24(25(13-21)19-4-5-22(17-38)27(36)14-19)26-12-20-10-11-40(18-32(42)43)31(20)16-28(26)37/h4-6,8,10-14,16,23,29-30H,7,9,15,18H2,1-3H3,(H,39,45)(H,42,43)/t23-,29+,30+/m1/s1. The molecule has 0 unspecified atom stereocenters. The van der Waals surface area contributed by atoms with Crippen molar-refractivity contribution >= 4 is 28.9 Å². The van der Waals surface area contributed by atoms with E-state index in [1.54, 1.807) is 74.3 Å². The maximum atomic E-state index is 15.8. The molecule has 0 aliphatic carbocycles. The molecule has 6 rings (SSSR count). The lowest BCUT2D eigenvalue weighted by atomic mass is 9.91. The number of benzene rings is 3. The molecule has 4 aromatic rings. The van der Waals surface area contributed by atoms with Gasteiger partial charge in [0.15, 0.2) is 0 Å². The normalized spacial score (nSPS) is 18.9. The topological polar surface area (TPSA) is 125 Å². The van der Waals surface area contributed by atoms with Gasteiger partial charge in [-0.15, -0.1) is 0 Å². The van der Waals surface area contributed by atoms with E-state index in [-0.39, 0.29) is 41.7 Å². The average Bonchev–Trinajstić information content (AvgIpc) is 3.67. The Balaban J connectivity index is 1.38. The molecule has 3 aromatic carbocycles. The number of aromatic nitrogens is 1. The first-order valence-electron chi connectivity index (χ1n) is 15.0. The number of carboxylic acid groups (broad SMARTS) is 1. The second kappa shape index (κ2) is 11.6. The first kappa shape index (κ1) is 30.8. The quantitative estimate of drug-likeness (QED) is 0.253. The number of nitrogens with zero attached hydrogens (tertiary/aromatic N) is 3. The Kier molecular flexibility index (Phi) is 7.76.